The fraction of sp³-hybridized carbons (Fsp3) is 0.375. The van der Waals surface area contributed by atoms with E-state index in [0.29, 0.717) is 0 Å². The molecular formula is C16H19FN4O4S. The van der Waals surface area contributed by atoms with Crippen LogP contribution < -0.4 is 15.8 Å². The molecule has 0 aliphatic heterocycles. The smallest absolute Gasteiger partial charge is 0.318 e. The minimum Gasteiger partial charge on any atom is -0.478 e. The van der Waals surface area contributed by atoms with Gasteiger partial charge in [0.1, 0.15) is 0 Å². The van der Waals surface area contributed by atoms with Crippen LogP contribution in [0, 0.1) is 11.7 Å². The van der Waals surface area contributed by atoms with Gasteiger partial charge in [-0.15, -0.1) is 10.2 Å². The monoisotopic (exact) mass is 382 g/mol. The van der Waals surface area contributed by atoms with Crippen LogP contribution in [0.5, 0.6) is 5.75 Å². The number of carbonyl (C=O) groups excluding carboxylic acids is 2. The van der Waals surface area contributed by atoms with E-state index in [2.05, 4.69) is 10.2 Å². The lowest BCUT2D eigenvalue weighted by Crippen LogP contribution is -2.42. The average molecular weight is 382 g/mol. The third-order valence-corrected chi connectivity index (χ3v) is 4.63. The van der Waals surface area contributed by atoms with Crippen molar-refractivity contribution in [2.45, 2.75) is 37.3 Å². The second-order valence-corrected chi connectivity index (χ2v) is 6.83. The Balaban J connectivity index is 2.06. The number of para-hydroxylation sites is 1. The quantitative estimate of drug-likeness (QED) is 0.706. The van der Waals surface area contributed by atoms with Gasteiger partial charge in [0.2, 0.25) is 5.91 Å². The molecule has 0 radical (unpaired) electrons. The first-order valence-electron chi connectivity index (χ1n) is 7.79. The Hall–Kier alpha value is -2.62. The Labute approximate surface area is 153 Å². The Bertz CT molecular complexity index is 783. The standard InChI is InChI=1S/C16H19FN4O4S/c1-8(2)12(13(22)19-15(18)23)26-16-21-20-14(25-16)9(3)24-11-7-5-4-6-10(11)17/h4-9,12H,1-3H3,(H3,18,19,22,23)/t9-,12-/m0/s1. The summed E-state index contributed by atoms with van der Waals surface area (Å²) in [5.74, 6) is -0.979. The van der Waals surface area contributed by atoms with Gasteiger partial charge in [-0.2, -0.15) is 0 Å². The fourth-order valence-corrected chi connectivity index (χ4v) is 2.88. The van der Waals surface area contributed by atoms with Crippen molar-refractivity contribution in [1.82, 2.24) is 15.5 Å². The fourth-order valence-electron chi connectivity index (χ4n) is 2.01. The van der Waals surface area contributed by atoms with E-state index < -0.39 is 29.1 Å². The highest BCUT2D eigenvalue weighted by atomic mass is 32.2. The molecule has 26 heavy (non-hydrogen) atoms. The van der Waals surface area contributed by atoms with Crippen LogP contribution in [0.25, 0.3) is 0 Å². The maximum atomic E-state index is 13.6. The van der Waals surface area contributed by atoms with Crippen LogP contribution in [0.15, 0.2) is 33.9 Å². The molecule has 1 aromatic carbocycles. The van der Waals surface area contributed by atoms with E-state index >= 15 is 0 Å². The second kappa shape index (κ2) is 8.65. The van der Waals surface area contributed by atoms with E-state index in [1.165, 1.54) is 12.1 Å². The molecule has 8 nitrogen and oxygen atoms in total. The molecule has 3 N–H and O–H groups in total. The van der Waals surface area contributed by atoms with Gasteiger partial charge in [0.15, 0.2) is 17.7 Å². The summed E-state index contributed by atoms with van der Waals surface area (Å²) >= 11 is 1.00. The number of hydrogen-bond donors (Lipinski definition) is 2. The van der Waals surface area contributed by atoms with Gasteiger partial charge in [-0.05, 0) is 25.0 Å². The van der Waals surface area contributed by atoms with E-state index in [4.69, 9.17) is 14.9 Å². The summed E-state index contributed by atoms with van der Waals surface area (Å²) in [5, 5.41) is 9.24. The van der Waals surface area contributed by atoms with E-state index in [1.54, 1.807) is 32.9 Å². The molecule has 10 heteroatoms. The number of rotatable bonds is 7. The number of halogens is 1. The molecule has 0 fully saturated rings. The molecule has 0 saturated heterocycles. The number of nitrogens with two attached hydrogens (primary N) is 1. The lowest BCUT2D eigenvalue weighted by molar-refractivity contribution is -0.120. The predicted octanol–water partition coefficient (Wildman–Crippen LogP) is 2.66. The number of benzene rings is 1. The Morgan fingerprint density at radius 1 is 1.27 bits per heavy atom. The maximum Gasteiger partial charge on any atom is 0.318 e. The molecule has 1 aromatic heterocycles. The third-order valence-electron chi connectivity index (χ3n) is 3.25. The summed E-state index contributed by atoms with van der Waals surface area (Å²) in [6.07, 6.45) is -0.689. The van der Waals surface area contributed by atoms with Crippen molar-refractivity contribution in [3.8, 4) is 5.75 Å². The van der Waals surface area contributed by atoms with Crippen molar-refractivity contribution in [1.29, 1.82) is 0 Å². The van der Waals surface area contributed by atoms with Crippen LogP contribution >= 0.6 is 11.8 Å². The van der Waals surface area contributed by atoms with Gasteiger partial charge in [0.25, 0.3) is 11.1 Å². The summed E-state index contributed by atoms with van der Waals surface area (Å²) in [6.45, 7) is 5.24. The summed E-state index contributed by atoms with van der Waals surface area (Å²) in [7, 11) is 0. The summed E-state index contributed by atoms with van der Waals surface area (Å²) in [4.78, 5) is 22.9. The molecule has 0 aliphatic rings. The first-order valence-corrected chi connectivity index (χ1v) is 8.67. The molecule has 0 bridgehead atoms. The number of urea groups is 1. The number of nitrogens with one attached hydrogen (secondary N) is 1. The minimum atomic E-state index is -0.931. The van der Waals surface area contributed by atoms with Gasteiger partial charge in [-0.25, -0.2) is 9.18 Å². The lowest BCUT2D eigenvalue weighted by atomic mass is 10.1. The number of amides is 3. The molecule has 3 amide bonds. The van der Waals surface area contributed by atoms with Crippen LogP contribution in [-0.2, 0) is 4.79 Å². The number of carbonyl (C=O) groups is 2. The molecule has 2 aromatic rings. The topological polar surface area (TPSA) is 120 Å². The summed E-state index contributed by atoms with van der Waals surface area (Å²) in [6, 6.07) is 5.03. The molecule has 1 heterocycles. The van der Waals surface area contributed by atoms with Crippen molar-refractivity contribution < 1.29 is 23.1 Å². The molecular weight excluding hydrogens is 363 g/mol. The normalized spacial score (nSPS) is 13.3. The number of thioether (sulfide) groups is 1. The zero-order valence-electron chi connectivity index (χ0n) is 14.4. The van der Waals surface area contributed by atoms with Crippen LogP contribution in [0.3, 0.4) is 0 Å². The summed E-state index contributed by atoms with van der Waals surface area (Å²) in [5.41, 5.74) is 4.98. The first kappa shape index (κ1) is 19.7. The molecule has 0 unspecified atom stereocenters. The van der Waals surface area contributed by atoms with Crippen molar-refractivity contribution >= 4 is 23.7 Å². The molecule has 0 saturated carbocycles. The van der Waals surface area contributed by atoms with E-state index in [1.807, 2.05) is 5.32 Å². The Kier molecular flexibility index (Phi) is 6.56. The highest BCUT2D eigenvalue weighted by molar-refractivity contribution is 8.00. The highest BCUT2D eigenvalue weighted by Crippen LogP contribution is 2.30. The Morgan fingerprint density at radius 2 is 1.96 bits per heavy atom. The maximum absolute atomic E-state index is 13.6. The SMILES string of the molecule is CC(C)[C@H](Sc1nnc([C@H](C)Oc2ccccc2F)o1)C(=O)NC(N)=O. The minimum absolute atomic E-state index is 0.0632. The Morgan fingerprint density at radius 3 is 2.58 bits per heavy atom. The number of nitrogens with zero attached hydrogens (tertiary/aromatic N) is 2. The number of ether oxygens (including phenoxy) is 1. The largest absolute Gasteiger partial charge is 0.478 e. The number of aromatic nitrogens is 2. The van der Waals surface area contributed by atoms with Crippen molar-refractivity contribution in [3.63, 3.8) is 0 Å². The number of imide groups is 1. The molecule has 0 aliphatic carbocycles. The van der Waals surface area contributed by atoms with Gasteiger partial charge in [0.05, 0.1) is 5.25 Å². The predicted molar refractivity (Wildman–Crippen MR) is 92.0 cm³/mol. The molecule has 2 atom stereocenters. The number of primary amides is 1. The van der Waals surface area contributed by atoms with Gasteiger partial charge >= 0.3 is 6.03 Å². The van der Waals surface area contributed by atoms with Gasteiger partial charge in [0, 0.05) is 0 Å². The summed E-state index contributed by atoms with van der Waals surface area (Å²) < 4.78 is 24.6. The van der Waals surface area contributed by atoms with Gasteiger partial charge in [-0.3, -0.25) is 10.1 Å². The van der Waals surface area contributed by atoms with Crippen molar-refractivity contribution in [2.75, 3.05) is 0 Å². The molecule has 2 rings (SSSR count). The van der Waals surface area contributed by atoms with E-state index in [-0.39, 0.29) is 22.8 Å². The lowest BCUT2D eigenvalue weighted by Gasteiger charge is -2.16. The van der Waals surface area contributed by atoms with E-state index in [9.17, 15) is 14.0 Å². The van der Waals surface area contributed by atoms with Crippen molar-refractivity contribution in [3.05, 3.63) is 36.0 Å². The van der Waals surface area contributed by atoms with Gasteiger partial charge in [-0.1, -0.05) is 37.7 Å². The van der Waals surface area contributed by atoms with Gasteiger partial charge < -0.3 is 14.9 Å². The van der Waals surface area contributed by atoms with Crippen LogP contribution in [-0.4, -0.2) is 27.4 Å². The third kappa shape index (κ3) is 5.19. The van der Waals surface area contributed by atoms with Crippen LogP contribution in [0.2, 0.25) is 0 Å². The average Bonchev–Trinajstić information content (AvgIpc) is 3.02. The zero-order valence-corrected chi connectivity index (χ0v) is 15.2. The number of hydrogen-bond acceptors (Lipinski definition) is 7. The zero-order chi connectivity index (χ0) is 19.3. The second-order valence-electron chi connectivity index (χ2n) is 5.73. The molecule has 140 valence electrons. The van der Waals surface area contributed by atoms with Crippen LogP contribution in [0.4, 0.5) is 9.18 Å². The van der Waals surface area contributed by atoms with Crippen molar-refractivity contribution in [2.24, 2.45) is 11.7 Å². The van der Waals surface area contributed by atoms with E-state index in [0.717, 1.165) is 11.8 Å². The van der Waals surface area contributed by atoms with Crippen LogP contribution in [0.1, 0.15) is 32.8 Å². The highest BCUT2D eigenvalue weighted by Gasteiger charge is 2.28. The molecule has 0 spiro atoms. The first-order chi connectivity index (χ1) is 12.3.